The first-order valence-corrected chi connectivity index (χ1v) is 24.1. The molecule has 3 heterocycles. The van der Waals surface area contributed by atoms with Crippen molar-refractivity contribution in [1.29, 1.82) is 0 Å². The number of nitrogens with one attached hydrogen (secondary N) is 5. The number of likely N-dealkylation sites (N-methyl/N-ethyl adjacent to an activating group) is 2. The number of rotatable bonds is 12. The maximum Gasteiger partial charge on any atom is 0.407 e. The summed E-state index contributed by atoms with van der Waals surface area (Å²) >= 11 is 3.23. The highest BCUT2D eigenvalue weighted by Gasteiger charge is 2.23. The van der Waals surface area contributed by atoms with E-state index < -0.39 is 40.8 Å². The predicted octanol–water partition coefficient (Wildman–Crippen LogP) is 9.29. The van der Waals surface area contributed by atoms with Crippen LogP contribution < -0.4 is 41.2 Å². The van der Waals surface area contributed by atoms with Crippen LogP contribution in [0.5, 0.6) is 17.2 Å². The van der Waals surface area contributed by atoms with Crippen molar-refractivity contribution in [2.24, 2.45) is 5.73 Å². The van der Waals surface area contributed by atoms with Gasteiger partial charge in [-0.05, 0) is 123 Å². The van der Waals surface area contributed by atoms with E-state index in [1.807, 2.05) is 6.07 Å². The van der Waals surface area contributed by atoms with Crippen LogP contribution in [0.3, 0.4) is 0 Å². The number of aromatic amines is 1. The molecule has 0 bridgehead atoms. The smallest absolute Gasteiger partial charge is 0.407 e. The average molecular weight is 1090 g/mol. The Morgan fingerprint density at radius 1 is 0.671 bits per heavy atom. The molecule has 1 saturated carbocycles. The number of amides is 2. The second-order valence-electron chi connectivity index (χ2n) is 17.9. The number of benzene rings is 3. The summed E-state index contributed by atoms with van der Waals surface area (Å²) in [6.45, 7) is 10.6. The van der Waals surface area contributed by atoms with E-state index in [1.165, 1.54) is 63.8 Å². The number of carbonyl (C=O) groups is 2. The lowest BCUT2D eigenvalue weighted by atomic mass is 9.91. The Balaban J connectivity index is 0.000000255. The lowest BCUT2D eigenvalue weighted by molar-refractivity contribution is 0.0511. The van der Waals surface area contributed by atoms with Gasteiger partial charge in [-0.25, -0.2) is 32.1 Å². The number of hydrogen-bond acceptors (Lipinski definition) is 13. The Kier molecular flexibility index (Phi) is 25.3. The number of aromatic nitrogens is 6. The van der Waals surface area contributed by atoms with Crippen LogP contribution >= 0.6 is 15.9 Å². The third-order valence-corrected chi connectivity index (χ3v) is 11.2. The first-order valence-electron chi connectivity index (χ1n) is 23.4. The molecular weight excluding hydrogens is 1020 g/mol. The summed E-state index contributed by atoms with van der Waals surface area (Å²) in [6, 6.07) is 16.4. The minimum Gasteiger partial charge on any atom is -0.494 e. The highest BCUT2D eigenvalue weighted by molar-refractivity contribution is 9.10. The van der Waals surface area contributed by atoms with Gasteiger partial charge in [0.15, 0.2) is 34.7 Å². The van der Waals surface area contributed by atoms with Gasteiger partial charge in [0.25, 0.3) is 0 Å². The lowest BCUT2D eigenvalue weighted by Gasteiger charge is -2.30. The monoisotopic (exact) mass is 1090 g/mol. The highest BCUT2D eigenvalue weighted by Crippen LogP contribution is 2.29. The summed E-state index contributed by atoms with van der Waals surface area (Å²) in [5, 5.41) is 26.1. The van der Waals surface area contributed by atoms with E-state index >= 15 is 0 Å². The van der Waals surface area contributed by atoms with Crippen molar-refractivity contribution in [2.75, 3.05) is 35.4 Å². The van der Waals surface area contributed by atoms with Crippen molar-refractivity contribution >= 4 is 28.1 Å². The third kappa shape index (κ3) is 20.1. The summed E-state index contributed by atoms with van der Waals surface area (Å²) in [5.74, 6) is -1.06. The molecule has 1 fully saturated rings. The van der Waals surface area contributed by atoms with Gasteiger partial charge in [0.2, 0.25) is 0 Å². The van der Waals surface area contributed by atoms with E-state index in [1.54, 1.807) is 120 Å². The summed E-state index contributed by atoms with van der Waals surface area (Å²) in [7, 11) is 8.31. The second-order valence-corrected chi connectivity index (χ2v) is 18.7. The predicted molar refractivity (Wildman–Crippen MR) is 278 cm³/mol. The summed E-state index contributed by atoms with van der Waals surface area (Å²) in [6.07, 6.45) is 14.3. The van der Waals surface area contributed by atoms with E-state index in [0.717, 1.165) is 0 Å². The van der Waals surface area contributed by atoms with Crippen LogP contribution in [0, 0.1) is 17.5 Å². The van der Waals surface area contributed by atoms with Gasteiger partial charge in [0.1, 0.15) is 11.2 Å². The van der Waals surface area contributed by atoms with Crippen molar-refractivity contribution < 1.29 is 46.4 Å². The fourth-order valence-electron chi connectivity index (χ4n) is 6.99. The molecule has 0 aliphatic heterocycles. The molecule has 0 saturated heterocycles. The Morgan fingerprint density at radius 3 is 1.45 bits per heavy atom. The number of nitrogens with zero attached hydrogens (tertiary/aromatic N) is 5. The van der Waals surface area contributed by atoms with Crippen molar-refractivity contribution in [2.45, 2.75) is 110 Å². The zero-order valence-corrected chi connectivity index (χ0v) is 45.0. The molecule has 0 radical (unpaired) electrons. The summed E-state index contributed by atoms with van der Waals surface area (Å²) < 4.78 is 71.1. The molecule has 6 aromatic rings. The minimum atomic E-state index is -0.623. The van der Waals surface area contributed by atoms with E-state index in [4.69, 9.17) is 29.4 Å². The number of H-pyrrole nitrogens is 1. The number of ether oxygens (including phenoxy) is 5. The number of alkyl carbamates (subject to hydrolysis) is 2. The van der Waals surface area contributed by atoms with Crippen LogP contribution in [0.2, 0.25) is 0 Å². The Bertz CT molecular complexity index is 2510. The van der Waals surface area contributed by atoms with Crippen molar-refractivity contribution in [3.05, 3.63) is 130 Å². The van der Waals surface area contributed by atoms with Gasteiger partial charge in [-0.15, -0.1) is 0 Å². The number of halogens is 4. The van der Waals surface area contributed by atoms with Gasteiger partial charge in [0, 0.05) is 77.0 Å². The molecule has 1 aliphatic carbocycles. The van der Waals surface area contributed by atoms with Crippen LogP contribution in [0.1, 0.15) is 83.9 Å². The number of carbonyl (C=O) groups excluding carboxylic acids is 2. The molecule has 2 amide bonds. The van der Waals surface area contributed by atoms with Crippen molar-refractivity contribution in [1.82, 2.24) is 51.0 Å². The molecule has 18 nitrogen and oxygen atoms in total. The third-order valence-electron chi connectivity index (χ3n) is 10.4. The van der Waals surface area contributed by atoms with Crippen molar-refractivity contribution in [3.63, 3.8) is 0 Å². The fourth-order valence-corrected chi connectivity index (χ4v) is 7.44. The number of methoxy groups -OCH3 is 3. The largest absolute Gasteiger partial charge is 0.494 e. The van der Waals surface area contributed by atoms with Crippen LogP contribution in [0.15, 0.2) is 96.3 Å². The molecule has 3 aromatic carbocycles. The molecule has 400 valence electrons. The Hall–Kier alpha value is -6.62. The van der Waals surface area contributed by atoms with Crippen LogP contribution in [-0.4, -0.2) is 101 Å². The minimum absolute atomic E-state index is 0.0124. The molecule has 22 heteroatoms. The van der Waals surface area contributed by atoms with E-state index in [2.05, 4.69) is 71.7 Å². The van der Waals surface area contributed by atoms with Gasteiger partial charge < -0.3 is 50.7 Å². The Morgan fingerprint density at radius 2 is 1.10 bits per heavy atom. The zero-order chi connectivity index (χ0) is 54.1. The highest BCUT2D eigenvalue weighted by atomic mass is 79.9. The maximum absolute atomic E-state index is 14.6. The second kappa shape index (κ2) is 30.4. The molecule has 1 aliphatic rings. The molecule has 2 atom stereocenters. The van der Waals surface area contributed by atoms with E-state index in [9.17, 15) is 22.8 Å². The number of nitrogens with two attached hydrogens (primary N) is 1. The van der Waals surface area contributed by atoms with Gasteiger partial charge >= 0.3 is 12.2 Å². The summed E-state index contributed by atoms with van der Waals surface area (Å²) in [5.41, 5.74) is 6.45. The lowest BCUT2D eigenvalue weighted by Crippen LogP contribution is -2.47. The average Bonchev–Trinajstić information content (AvgIpc) is 4.21. The molecule has 0 unspecified atom stereocenters. The van der Waals surface area contributed by atoms with Crippen LogP contribution in [0.25, 0.3) is 11.4 Å². The van der Waals surface area contributed by atoms with Gasteiger partial charge in [-0.1, -0.05) is 28.8 Å². The van der Waals surface area contributed by atoms with Gasteiger partial charge in [-0.3, -0.25) is 5.10 Å². The fraction of sp³-hybridized carbons (Fsp3) is 0.431. The molecule has 73 heavy (non-hydrogen) atoms. The number of hydrogen-bond donors (Lipinski definition) is 6. The quantitative estimate of drug-likeness (QED) is 0.0674. The molecule has 7 rings (SSSR count). The van der Waals surface area contributed by atoms with E-state index in [-0.39, 0.29) is 42.4 Å². The van der Waals surface area contributed by atoms with Gasteiger partial charge in [0.05, 0.1) is 45.8 Å². The summed E-state index contributed by atoms with van der Waals surface area (Å²) in [4.78, 5) is 23.3. The maximum atomic E-state index is 14.6. The molecule has 7 N–H and O–H groups in total. The Labute approximate surface area is 434 Å². The van der Waals surface area contributed by atoms with E-state index in [0.29, 0.717) is 39.1 Å². The van der Waals surface area contributed by atoms with Crippen LogP contribution in [-0.2, 0) is 29.1 Å². The first kappa shape index (κ1) is 60.7. The standard InChI is InChI=1S/C16H20FN3O3.C13H17BrFNO3.C11H12FN3O.C8H18N2.C3H4N2/c1-16(2,3)23-15(21)18-10-11-12(20-9-5-8-19-20)6-7-13(22-4)14(11)17;1-13(2,3)19-12(17)16-7-8-9(14)5-6-10(18-4)11(8)15;1-16-10-4-3-9(8(7-13)11(10)12)15-6-2-5-14-15;1-9-7-5-3-4-6-8(7)10-2;1-2-4-5-3-1/h5-9H,10H2,1-4H3,(H,18,21);5-6H,7H2,1-4H3,(H,16,17);2-6H,7,13H2,1H3;7-10H,3-6H2,1-2H3;1-3H,(H,4,5)/t;;;7-,8-;/m...1./s1. The van der Waals surface area contributed by atoms with Crippen molar-refractivity contribution in [3.8, 4) is 28.6 Å². The zero-order valence-electron chi connectivity index (χ0n) is 43.4. The normalized spacial score (nSPS) is 13.9. The first-order chi connectivity index (χ1) is 34.7. The van der Waals surface area contributed by atoms with Crippen LogP contribution in [0.4, 0.5) is 22.8 Å². The molecular formula is C51H71BrF3N11O7. The molecule has 3 aromatic heterocycles. The topological polar surface area (TPSA) is 219 Å². The molecule has 0 spiro atoms. The van der Waals surface area contributed by atoms with Gasteiger partial charge in [-0.2, -0.15) is 15.3 Å². The SMILES string of the molecule is CN[C@@H]1CCCC[C@H]1NC.COc1ccc(-n2cccn2)c(CN)c1F.COc1ccc(-n2cccn2)c(CNC(=O)OC(C)(C)C)c1F.COc1ccc(Br)c(CNC(=O)OC(C)(C)C)c1F.c1cn[nH]c1.